The fourth-order valence-electron chi connectivity index (χ4n) is 2.84. The highest BCUT2D eigenvalue weighted by molar-refractivity contribution is 6.07. The number of nitrogens with zero attached hydrogens (tertiary/aromatic N) is 5. The number of hydrogen-bond donors (Lipinski definition) is 0. The monoisotopic (exact) mass is 359 g/mol. The van der Waals surface area contributed by atoms with Crippen LogP contribution in [0.2, 0.25) is 0 Å². The van der Waals surface area contributed by atoms with Gasteiger partial charge in [-0.3, -0.25) is 14.8 Å². The van der Waals surface area contributed by atoms with Crippen molar-refractivity contribution in [1.82, 2.24) is 19.7 Å². The SMILES string of the molecule is O=C1c2cn(-c3cccnc3)nc2CCN1c1cncc(C(F)(F)F)c1. The van der Waals surface area contributed by atoms with Gasteiger partial charge < -0.3 is 4.90 Å². The van der Waals surface area contributed by atoms with E-state index in [1.807, 2.05) is 0 Å². The Morgan fingerprint density at radius 1 is 1.08 bits per heavy atom. The molecule has 9 heteroatoms. The molecule has 0 radical (unpaired) electrons. The Morgan fingerprint density at radius 3 is 2.62 bits per heavy atom. The number of carbonyl (C=O) groups is 1. The number of pyridine rings is 2. The van der Waals surface area contributed by atoms with Crippen LogP contribution in [0.3, 0.4) is 0 Å². The van der Waals surface area contributed by atoms with Crippen molar-refractivity contribution in [2.45, 2.75) is 12.6 Å². The molecule has 1 aliphatic heterocycles. The highest BCUT2D eigenvalue weighted by Crippen LogP contribution is 2.32. The van der Waals surface area contributed by atoms with Gasteiger partial charge in [-0.25, -0.2) is 4.68 Å². The highest BCUT2D eigenvalue weighted by atomic mass is 19.4. The molecule has 3 aromatic heterocycles. The van der Waals surface area contributed by atoms with Crippen molar-refractivity contribution in [3.8, 4) is 5.69 Å². The Bertz CT molecular complexity index is 968. The highest BCUT2D eigenvalue weighted by Gasteiger charge is 2.33. The number of halogens is 3. The van der Waals surface area contributed by atoms with Crippen LogP contribution in [0.1, 0.15) is 21.6 Å². The van der Waals surface area contributed by atoms with Crippen LogP contribution < -0.4 is 4.90 Å². The van der Waals surface area contributed by atoms with Crippen LogP contribution in [-0.2, 0) is 12.6 Å². The average molecular weight is 359 g/mol. The summed E-state index contributed by atoms with van der Waals surface area (Å²) in [6.45, 7) is 0.235. The van der Waals surface area contributed by atoms with Crippen molar-refractivity contribution in [2.24, 2.45) is 0 Å². The molecule has 1 amide bonds. The van der Waals surface area contributed by atoms with Crippen molar-refractivity contribution < 1.29 is 18.0 Å². The Morgan fingerprint density at radius 2 is 1.88 bits per heavy atom. The molecule has 0 unspecified atom stereocenters. The molecule has 0 aliphatic carbocycles. The molecule has 0 saturated heterocycles. The van der Waals surface area contributed by atoms with E-state index >= 15 is 0 Å². The molecule has 4 rings (SSSR count). The summed E-state index contributed by atoms with van der Waals surface area (Å²) in [5.41, 5.74) is 0.888. The number of fused-ring (bicyclic) bond motifs is 1. The second-order valence-corrected chi connectivity index (χ2v) is 5.78. The van der Waals surface area contributed by atoms with Gasteiger partial charge in [0.2, 0.25) is 0 Å². The van der Waals surface area contributed by atoms with E-state index in [9.17, 15) is 18.0 Å². The number of aromatic nitrogens is 4. The minimum atomic E-state index is -4.52. The minimum Gasteiger partial charge on any atom is -0.306 e. The smallest absolute Gasteiger partial charge is 0.306 e. The average Bonchev–Trinajstić information content (AvgIpc) is 3.07. The second-order valence-electron chi connectivity index (χ2n) is 5.78. The summed E-state index contributed by atoms with van der Waals surface area (Å²) in [5.74, 6) is -0.400. The molecule has 6 nitrogen and oxygen atoms in total. The van der Waals surface area contributed by atoms with Crippen molar-refractivity contribution in [3.05, 3.63) is 66.0 Å². The fraction of sp³-hybridized carbons (Fsp3) is 0.176. The van der Waals surface area contributed by atoms with E-state index in [0.717, 1.165) is 12.3 Å². The zero-order valence-electron chi connectivity index (χ0n) is 13.3. The topological polar surface area (TPSA) is 63.9 Å². The Kier molecular flexibility index (Phi) is 3.71. The Hall–Kier alpha value is -3.23. The molecule has 0 N–H and O–H groups in total. The predicted octanol–water partition coefficient (Wildman–Crippen LogP) is 2.88. The van der Waals surface area contributed by atoms with Crippen LogP contribution in [0.25, 0.3) is 5.69 Å². The van der Waals surface area contributed by atoms with Gasteiger partial charge in [0.25, 0.3) is 5.91 Å². The van der Waals surface area contributed by atoms with E-state index in [1.165, 1.54) is 11.1 Å². The number of amides is 1. The van der Waals surface area contributed by atoms with Gasteiger partial charge in [-0.2, -0.15) is 18.3 Å². The van der Waals surface area contributed by atoms with E-state index in [2.05, 4.69) is 15.1 Å². The summed E-state index contributed by atoms with van der Waals surface area (Å²) in [5, 5.41) is 4.39. The van der Waals surface area contributed by atoms with Gasteiger partial charge in [0.15, 0.2) is 0 Å². The van der Waals surface area contributed by atoms with Crippen LogP contribution >= 0.6 is 0 Å². The summed E-state index contributed by atoms with van der Waals surface area (Å²) < 4.78 is 40.2. The predicted molar refractivity (Wildman–Crippen MR) is 86.0 cm³/mol. The maximum Gasteiger partial charge on any atom is 0.417 e. The Balaban J connectivity index is 1.68. The summed E-state index contributed by atoms with van der Waals surface area (Å²) in [4.78, 5) is 21.7. The van der Waals surface area contributed by atoms with Crippen LogP contribution in [0.4, 0.5) is 18.9 Å². The van der Waals surface area contributed by atoms with Gasteiger partial charge in [-0.1, -0.05) is 0 Å². The first-order valence-corrected chi connectivity index (χ1v) is 7.76. The second kappa shape index (κ2) is 5.94. The lowest BCUT2D eigenvalue weighted by molar-refractivity contribution is -0.137. The molecule has 0 aromatic carbocycles. The van der Waals surface area contributed by atoms with Gasteiger partial charge in [-0.05, 0) is 18.2 Å². The quantitative estimate of drug-likeness (QED) is 0.706. The van der Waals surface area contributed by atoms with Crippen molar-refractivity contribution >= 4 is 11.6 Å². The number of alkyl halides is 3. The van der Waals surface area contributed by atoms with Crippen LogP contribution in [0.5, 0.6) is 0 Å². The molecular weight excluding hydrogens is 347 g/mol. The van der Waals surface area contributed by atoms with Crippen LogP contribution in [0.15, 0.2) is 49.2 Å². The van der Waals surface area contributed by atoms with Gasteiger partial charge in [0, 0.05) is 31.6 Å². The maximum atomic E-state index is 12.9. The van der Waals surface area contributed by atoms with Gasteiger partial charge >= 0.3 is 6.18 Å². The molecule has 0 saturated carbocycles. The fourth-order valence-corrected chi connectivity index (χ4v) is 2.84. The lowest BCUT2D eigenvalue weighted by Crippen LogP contribution is -2.37. The summed E-state index contributed by atoms with van der Waals surface area (Å²) in [6, 6.07) is 4.48. The molecule has 0 bridgehead atoms. The number of hydrogen-bond acceptors (Lipinski definition) is 4. The van der Waals surface area contributed by atoms with E-state index in [1.54, 1.807) is 35.4 Å². The molecule has 0 spiro atoms. The van der Waals surface area contributed by atoms with E-state index < -0.39 is 17.6 Å². The maximum absolute atomic E-state index is 12.9. The molecule has 132 valence electrons. The third kappa shape index (κ3) is 2.81. The van der Waals surface area contributed by atoms with Crippen molar-refractivity contribution in [1.29, 1.82) is 0 Å². The van der Waals surface area contributed by atoms with Gasteiger partial charge in [-0.15, -0.1) is 0 Å². The molecule has 26 heavy (non-hydrogen) atoms. The number of anilines is 1. The van der Waals surface area contributed by atoms with E-state index in [0.29, 0.717) is 23.4 Å². The zero-order valence-corrected chi connectivity index (χ0v) is 13.3. The first-order chi connectivity index (χ1) is 12.4. The minimum absolute atomic E-state index is 0.115. The standard InChI is InChI=1S/C17H12F3N5O/c18-17(19,20)11-6-13(9-22-7-11)24-5-3-15-14(16(24)26)10-25(23-15)12-2-1-4-21-8-12/h1-2,4,6-10H,3,5H2. The lowest BCUT2D eigenvalue weighted by atomic mass is 10.1. The zero-order chi connectivity index (χ0) is 18.3. The van der Waals surface area contributed by atoms with Crippen molar-refractivity contribution in [3.63, 3.8) is 0 Å². The Labute approximate surface area is 145 Å². The molecule has 0 atom stereocenters. The molecule has 4 heterocycles. The molecule has 1 aliphatic rings. The molecular formula is C17H12F3N5O. The van der Waals surface area contributed by atoms with E-state index in [4.69, 9.17) is 0 Å². The first-order valence-electron chi connectivity index (χ1n) is 7.76. The van der Waals surface area contributed by atoms with Gasteiger partial charge in [0.1, 0.15) is 0 Å². The number of rotatable bonds is 2. The van der Waals surface area contributed by atoms with Crippen LogP contribution in [-0.4, -0.2) is 32.2 Å². The third-order valence-corrected chi connectivity index (χ3v) is 4.11. The largest absolute Gasteiger partial charge is 0.417 e. The molecule has 0 fully saturated rings. The van der Waals surface area contributed by atoms with E-state index in [-0.39, 0.29) is 12.2 Å². The third-order valence-electron chi connectivity index (χ3n) is 4.11. The first kappa shape index (κ1) is 16.2. The number of carbonyl (C=O) groups excluding carboxylic acids is 1. The summed E-state index contributed by atoms with van der Waals surface area (Å²) >= 11 is 0. The van der Waals surface area contributed by atoms with Gasteiger partial charge in [0.05, 0.1) is 40.6 Å². The van der Waals surface area contributed by atoms with Crippen molar-refractivity contribution in [2.75, 3.05) is 11.4 Å². The van der Waals surface area contributed by atoms with Crippen LogP contribution in [0, 0.1) is 0 Å². The summed E-state index contributed by atoms with van der Waals surface area (Å²) in [7, 11) is 0. The lowest BCUT2D eigenvalue weighted by Gasteiger charge is -2.26. The molecule has 3 aromatic rings. The summed E-state index contributed by atoms with van der Waals surface area (Å²) in [6.07, 6.45) is 2.72. The normalized spacial score (nSPS) is 14.4.